The van der Waals surface area contributed by atoms with Crippen LogP contribution in [0, 0.1) is 0 Å². The molecular formula is C15H16ClN3O2S. The first-order valence-electron chi connectivity index (χ1n) is 6.93. The predicted molar refractivity (Wildman–Crippen MR) is 88.1 cm³/mol. The summed E-state index contributed by atoms with van der Waals surface area (Å²) in [5.41, 5.74) is 1.46. The standard InChI is InChI=1S/C15H16ClN3O2S/c1-18-8-3-9-19(15-10-12(16)5-6-14(15)18)22(20,21)13-4-2-7-17-11-13/h2,4-7,10-11H,3,8-9H2,1H3. The maximum absolute atomic E-state index is 12.9. The molecule has 1 aromatic heterocycles. The summed E-state index contributed by atoms with van der Waals surface area (Å²) in [6, 6.07) is 8.51. The smallest absolute Gasteiger partial charge is 0.265 e. The molecule has 0 saturated heterocycles. The summed E-state index contributed by atoms with van der Waals surface area (Å²) in [5.74, 6) is 0. The van der Waals surface area contributed by atoms with Gasteiger partial charge in [0.2, 0.25) is 0 Å². The summed E-state index contributed by atoms with van der Waals surface area (Å²) in [6.45, 7) is 1.20. The Morgan fingerprint density at radius 1 is 1.18 bits per heavy atom. The molecule has 0 radical (unpaired) electrons. The monoisotopic (exact) mass is 337 g/mol. The van der Waals surface area contributed by atoms with E-state index in [1.807, 2.05) is 18.0 Å². The number of benzene rings is 1. The maximum Gasteiger partial charge on any atom is 0.265 e. The molecule has 1 aromatic carbocycles. The van der Waals surface area contributed by atoms with Gasteiger partial charge in [-0.25, -0.2) is 8.42 Å². The van der Waals surface area contributed by atoms with Crippen molar-refractivity contribution in [3.63, 3.8) is 0 Å². The van der Waals surface area contributed by atoms with Crippen LogP contribution in [0.1, 0.15) is 6.42 Å². The van der Waals surface area contributed by atoms with Crippen LogP contribution >= 0.6 is 11.6 Å². The first kappa shape index (κ1) is 15.1. The Bertz CT molecular complexity index is 781. The summed E-state index contributed by atoms with van der Waals surface area (Å²) >= 11 is 6.09. The average molecular weight is 338 g/mol. The van der Waals surface area contributed by atoms with Crippen molar-refractivity contribution in [3.8, 4) is 0 Å². The van der Waals surface area contributed by atoms with Gasteiger partial charge in [0.1, 0.15) is 4.90 Å². The summed E-state index contributed by atoms with van der Waals surface area (Å²) in [5, 5.41) is 0.514. The third-order valence-electron chi connectivity index (χ3n) is 3.69. The topological polar surface area (TPSA) is 53.5 Å². The molecule has 116 valence electrons. The first-order valence-corrected chi connectivity index (χ1v) is 8.75. The molecule has 0 fully saturated rings. The normalized spacial score (nSPS) is 15.4. The Morgan fingerprint density at radius 3 is 2.73 bits per heavy atom. The molecule has 7 heteroatoms. The predicted octanol–water partition coefficient (Wildman–Crippen LogP) is 2.77. The number of hydrogen-bond donors (Lipinski definition) is 0. The number of pyridine rings is 1. The van der Waals surface area contributed by atoms with Crippen LogP contribution < -0.4 is 9.21 Å². The molecule has 0 N–H and O–H groups in total. The van der Waals surface area contributed by atoms with Gasteiger partial charge < -0.3 is 4.90 Å². The van der Waals surface area contributed by atoms with E-state index in [1.54, 1.807) is 30.5 Å². The van der Waals surface area contributed by atoms with E-state index in [1.165, 1.54) is 10.5 Å². The highest BCUT2D eigenvalue weighted by atomic mass is 35.5. The van der Waals surface area contributed by atoms with Crippen LogP contribution in [0.2, 0.25) is 5.02 Å². The van der Waals surface area contributed by atoms with Gasteiger partial charge in [-0.1, -0.05) is 11.6 Å². The maximum atomic E-state index is 12.9. The Hall–Kier alpha value is -1.79. The lowest BCUT2D eigenvalue weighted by atomic mass is 10.2. The number of halogens is 1. The zero-order chi connectivity index (χ0) is 15.7. The molecule has 0 bridgehead atoms. The van der Waals surface area contributed by atoms with E-state index in [-0.39, 0.29) is 4.90 Å². The van der Waals surface area contributed by atoms with Gasteiger partial charge in [-0.15, -0.1) is 0 Å². The molecule has 2 aromatic rings. The van der Waals surface area contributed by atoms with Gasteiger partial charge in [-0.2, -0.15) is 0 Å². The van der Waals surface area contributed by atoms with E-state index in [0.29, 0.717) is 17.3 Å². The quantitative estimate of drug-likeness (QED) is 0.845. The Balaban J connectivity index is 2.15. The second-order valence-corrected chi connectivity index (χ2v) is 7.47. The molecule has 3 rings (SSSR count). The third-order valence-corrected chi connectivity index (χ3v) is 5.73. The summed E-state index contributed by atoms with van der Waals surface area (Å²) in [4.78, 5) is 6.15. The Kier molecular flexibility index (Phi) is 3.97. The van der Waals surface area contributed by atoms with Crippen molar-refractivity contribution in [2.24, 2.45) is 0 Å². The molecule has 0 spiro atoms. The highest BCUT2D eigenvalue weighted by Gasteiger charge is 2.29. The highest BCUT2D eigenvalue weighted by Crippen LogP contribution is 2.36. The van der Waals surface area contributed by atoms with Crippen molar-refractivity contribution in [1.29, 1.82) is 0 Å². The van der Waals surface area contributed by atoms with Crippen LogP contribution in [0.4, 0.5) is 11.4 Å². The lowest BCUT2D eigenvalue weighted by Gasteiger charge is -2.25. The molecule has 5 nitrogen and oxygen atoms in total. The Labute approximate surface area is 135 Å². The number of nitrogens with zero attached hydrogens (tertiary/aromatic N) is 3. The lowest BCUT2D eigenvalue weighted by molar-refractivity contribution is 0.589. The van der Waals surface area contributed by atoms with Gasteiger partial charge in [-0.3, -0.25) is 9.29 Å². The van der Waals surface area contributed by atoms with Gasteiger partial charge in [-0.05, 0) is 36.8 Å². The fourth-order valence-corrected chi connectivity index (χ4v) is 4.23. The van der Waals surface area contributed by atoms with E-state index in [0.717, 1.165) is 18.7 Å². The van der Waals surface area contributed by atoms with E-state index >= 15 is 0 Å². The summed E-state index contributed by atoms with van der Waals surface area (Å²) < 4.78 is 27.3. The Morgan fingerprint density at radius 2 is 2.00 bits per heavy atom. The minimum atomic E-state index is -3.65. The van der Waals surface area contributed by atoms with Crippen LogP contribution in [0.25, 0.3) is 0 Å². The minimum absolute atomic E-state index is 0.186. The molecule has 2 heterocycles. The number of fused-ring (bicyclic) bond motifs is 1. The fraction of sp³-hybridized carbons (Fsp3) is 0.267. The molecule has 22 heavy (non-hydrogen) atoms. The van der Waals surface area contributed by atoms with Crippen molar-refractivity contribution in [1.82, 2.24) is 4.98 Å². The van der Waals surface area contributed by atoms with Crippen LogP contribution in [0.3, 0.4) is 0 Å². The van der Waals surface area contributed by atoms with Crippen molar-refractivity contribution in [2.45, 2.75) is 11.3 Å². The van der Waals surface area contributed by atoms with Crippen molar-refractivity contribution in [2.75, 3.05) is 29.3 Å². The lowest BCUT2D eigenvalue weighted by Crippen LogP contribution is -2.31. The highest BCUT2D eigenvalue weighted by molar-refractivity contribution is 7.92. The van der Waals surface area contributed by atoms with E-state index in [4.69, 9.17) is 11.6 Å². The first-order chi connectivity index (χ1) is 10.5. The largest absolute Gasteiger partial charge is 0.373 e. The third kappa shape index (κ3) is 2.64. The van der Waals surface area contributed by atoms with Gasteiger partial charge in [0.25, 0.3) is 10.0 Å². The van der Waals surface area contributed by atoms with Crippen molar-refractivity contribution < 1.29 is 8.42 Å². The SMILES string of the molecule is CN1CCCN(S(=O)(=O)c2cccnc2)c2cc(Cl)ccc21. The fourth-order valence-electron chi connectivity index (χ4n) is 2.59. The summed E-state index contributed by atoms with van der Waals surface area (Å²) in [6.07, 6.45) is 3.66. The molecule has 0 saturated carbocycles. The van der Waals surface area contributed by atoms with Gasteiger partial charge in [0, 0.05) is 37.6 Å². The average Bonchev–Trinajstić information content (AvgIpc) is 2.67. The number of sulfonamides is 1. The van der Waals surface area contributed by atoms with E-state index in [2.05, 4.69) is 4.98 Å². The van der Waals surface area contributed by atoms with E-state index < -0.39 is 10.0 Å². The number of aromatic nitrogens is 1. The molecule has 0 atom stereocenters. The van der Waals surface area contributed by atoms with Gasteiger partial charge >= 0.3 is 0 Å². The molecular weight excluding hydrogens is 322 g/mol. The van der Waals surface area contributed by atoms with Crippen molar-refractivity contribution in [3.05, 3.63) is 47.7 Å². The minimum Gasteiger partial charge on any atom is -0.373 e. The van der Waals surface area contributed by atoms with Gasteiger partial charge in [0.05, 0.1) is 11.4 Å². The van der Waals surface area contributed by atoms with Crippen molar-refractivity contribution >= 4 is 33.0 Å². The van der Waals surface area contributed by atoms with E-state index in [9.17, 15) is 8.42 Å². The summed E-state index contributed by atoms with van der Waals surface area (Å²) in [7, 11) is -1.70. The number of rotatable bonds is 2. The second kappa shape index (κ2) is 5.78. The zero-order valence-corrected chi connectivity index (χ0v) is 13.7. The van der Waals surface area contributed by atoms with Gasteiger partial charge in [0.15, 0.2) is 0 Å². The molecule has 1 aliphatic heterocycles. The number of hydrogen-bond acceptors (Lipinski definition) is 4. The van der Waals surface area contributed by atoms with Crippen LogP contribution in [0.15, 0.2) is 47.6 Å². The molecule has 0 aliphatic carbocycles. The zero-order valence-electron chi connectivity index (χ0n) is 12.1. The molecule has 1 aliphatic rings. The molecule has 0 unspecified atom stereocenters. The number of anilines is 2. The van der Waals surface area contributed by atoms with Crippen LogP contribution in [-0.2, 0) is 10.0 Å². The second-order valence-electron chi connectivity index (χ2n) is 5.17. The van der Waals surface area contributed by atoms with Crippen LogP contribution in [0.5, 0.6) is 0 Å². The van der Waals surface area contributed by atoms with Crippen LogP contribution in [-0.4, -0.2) is 33.5 Å². The molecule has 0 amide bonds.